The van der Waals surface area contributed by atoms with Crippen molar-refractivity contribution in [2.75, 3.05) is 19.0 Å². The van der Waals surface area contributed by atoms with Crippen molar-refractivity contribution in [3.05, 3.63) is 28.3 Å². The van der Waals surface area contributed by atoms with E-state index in [9.17, 15) is 14.9 Å². The molecule has 0 amide bonds. The first-order valence-electron chi connectivity index (χ1n) is 5.82. The number of aliphatic carboxylic acids is 1. The normalized spacial score (nSPS) is 9.95. The van der Waals surface area contributed by atoms with Crippen molar-refractivity contribution in [3.8, 4) is 5.75 Å². The number of unbranched alkanes of at least 4 members (excludes halogenated alkanes) is 1. The van der Waals surface area contributed by atoms with E-state index in [1.54, 1.807) is 6.07 Å². The summed E-state index contributed by atoms with van der Waals surface area (Å²) in [5, 5.41) is 22.3. The lowest BCUT2D eigenvalue weighted by Crippen LogP contribution is -2.05. The SMILES string of the molecule is COc1ccc([N+](=O)[O-])c(NCCCCC(=O)O)c1. The molecule has 19 heavy (non-hydrogen) atoms. The van der Waals surface area contributed by atoms with Gasteiger partial charge in [-0.1, -0.05) is 0 Å². The van der Waals surface area contributed by atoms with Crippen LogP contribution >= 0.6 is 0 Å². The van der Waals surface area contributed by atoms with E-state index in [2.05, 4.69) is 5.32 Å². The number of nitro benzene ring substituents is 1. The summed E-state index contributed by atoms with van der Waals surface area (Å²) in [5.74, 6) is -0.314. The topological polar surface area (TPSA) is 102 Å². The molecular weight excluding hydrogens is 252 g/mol. The highest BCUT2D eigenvalue weighted by Gasteiger charge is 2.13. The molecule has 0 aliphatic heterocycles. The first kappa shape index (κ1) is 14.7. The van der Waals surface area contributed by atoms with Gasteiger partial charge in [0.1, 0.15) is 11.4 Å². The Kier molecular flexibility index (Phi) is 5.59. The Morgan fingerprint density at radius 1 is 1.47 bits per heavy atom. The molecule has 0 bridgehead atoms. The number of carboxylic acids is 1. The number of benzene rings is 1. The molecule has 0 heterocycles. The molecule has 0 aliphatic carbocycles. The van der Waals surface area contributed by atoms with Gasteiger partial charge in [0, 0.05) is 25.1 Å². The first-order chi connectivity index (χ1) is 9.04. The number of methoxy groups -OCH3 is 1. The van der Waals surface area contributed by atoms with Crippen molar-refractivity contribution in [1.29, 1.82) is 0 Å². The molecule has 0 fully saturated rings. The zero-order valence-electron chi connectivity index (χ0n) is 10.6. The van der Waals surface area contributed by atoms with E-state index in [0.717, 1.165) is 0 Å². The average molecular weight is 268 g/mol. The molecular formula is C12H16N2O5. The summed E-state index contributed by atoms with van der Waals surface area (Å²) in [6, 6.07) is 4.45. The first-order valence-corrected chi connectivity index (χ1v) is 5.82. The van der Waals surface area contributed by atoms with Crippen molar-refractivity contribution >= 4 is 17.3 Å². The monoisotopic (exact) mass is 268 g/mol. The highest BCUT2D eigenvalue weighted by Crippen LogP contribution is 2.28. The van der Waals surface area contributed by atoms with Crippen LogP contribution in [0.25, 0.3) is 0 Å². The second kappa shape index (κ2) is 7.20. The lowest BCUT2D eigenvalue weighted by molar-refractivity contribution is -0.384. The molecule has 1 rings (SSSR count). The van der Waals surface area contributed by atoms with Crippen molar-refractivity contribution in [1.82, 2.24) is 0 Å². The van der Waals surface area contributed by atoms with Crippen LogP contribution in [-0.2, 0) is 4.79 Å². The smallest absolute Gasteiger partial charge is 0.303 e. The van der Waals surface area contributed by atoms with Gasteiger partial charge < -0.3 is 15.2 Å². The van der Waals surface area contributed by atoms with Crippen LogP contribution in [0.3, 0.4) is 0 Å². The van der Waals surface area contributed by atoms with Crippen LogP contribution in [-0.4, -0.2) is 29.7 Å². The van der Waals surface area contributed by atoms with Crippen molar-refractivity contribution in [2.45, 2.75) is 19.3 Å². The third-order valence-electron chi connectivity index (χ3n) is 2.53. The molecule has 2 N–H and O–H groups in total. The van der Waals surface area contributed by atoms with Gasteiger partial charge in [-0.2, -0.15) is 0 Å². The number of anilines is 1. The third kappa shape index (κ3) is 4.82. The molecule has 1 aromatic rings. The molecule has 0 spiro atoms. The zero-order chi connectivity index (χ0) is 14.3. The molecule has 0 atom stereocenters. The maximum Gasteiger partial charge on any atom is 0.303 e. The number of nitro groups is 1. The van der Waals surface area contributed by atoms with Gasteiger partial charge in [-0.25, -0.2) is 0 Å². The Morgan fingerprint density at radius 3 is 2.79 bits per heavy atom. The van der Waals surface area contributed by atoms with Gasteiger partial charge in [0.25, 0.3) is 5.69 Å². The molecule has 7 heteroatoms. The van der Waals surface area contributed by atoms with Crippen molar-refractivity contribution in [3.63, 3.8) is 0 Å². The Morgan fingerprint density at radius 2 is 2.21 bits per heavy atom. The number of nitrogens with one attached hydrogen (secondary N) is 1. The lowest BCUT2D eigenvalue weighted by atomic mass is 10.2. The molecule has 0 saturated carbocycles. The number of carboxylic acid groups (broad SMARTS) is 1. The summed E-state index contributed by atoms with van der Waals surface area (Å²) in [5.41, 5.74) is 0.346. The number of hydrogen-bond acceptors (Lipinski definition) is 5. The minimum absolute atomic E-state index is 0.0287. The molecule has 7 nitrogen and oxygen atoms in total. The van der Waals surface area contributed by atoms with E-state index < -0.39 is 10.9 Å². The van der Waals surface area contributed by atoms with Crippen LogP contribution in [0.4, 0.5) is 11.4 Å². The van der Waals surface area contributed by atoms with Gasteiger partial charge in [-0.15, -0.1) is 0 Å². The van der Waals surface area contributed by atoms with E-state index >= 15 is 0 Å². The summed E-state index contributed by atoms with van der Waals surface area (Å²) in [6.07, 6.45) is 1.25. The standard InChI is InChI=1S/C12H16N2O5/c1-19-9-5-6-11(14(17)18)10(8-9)13-7-3-2-4-12(15)16/h5-6,8,13H,2-4,7H2,1H3,(H,15,16). The molecule has 0 aromatic heterocycles. The Bertz CT molecular complexity index is 461. The van der Waals surface area contributed by atoms with E-state index in [1.807, 2.05) is 0 Å². The van der Waals surface area contributed by atoms with E-state index in [0.29, 0.717) is 30.8 Å². The second-order valence-electron chi connectivity index (χ2n) is 3.92. The number of carbonyl (C=O) groups is 1. The van der Waals surface area contributed by atoms with Gasteiger partial charge in [0.05, 0.1) is 12.0 Å². The molecule has 0 aliphatic rings. The minimum atomic E-state index is -0.840. The fourth-order valence-corrected chi connectivity index (χ4v) is 1.57. The summed E-state index contributed by atoms with van der Waals surface area (Å²) < 4.78 is 5.01. The maximum atomic E-state index is 10.8. The second-order valence-corrected chi connectivity index (χ2v) is 3.92. The van der Waals surface area contributed by atoms with Crippen LogP contribution < -0.4 is 10.1 Å². The van der Waals surface area contributed by atoms with E-state index in [-0.39, 0.29) is 12.1 Å². The summed E-state index contributed by atoms with van der Waals surface area (Å²) in [6.45, 7) is 0.473. The fourth-order valence-electron chi connectivity index (χ4n) is 1.57. The predicted molar refractivity (Wildman–Crippen MR) is 69.6 cm³/mol. The molecule has 0 saturated heterocycles. The van der Waals surface area contributed by atoms with Gasteiger partial charge in [0.2, 0.25) is 0 Å². The largest absolute Gasteiger partial charge is 0.497 e. The van der Waals surface area contributed by atoms with Gasteiger partial charge in [0.15, 0.2) is 0 Å². The van der Waals surface area contributed by atoms with Crippen LogP contribution in [0.15, 0.2) is 18.2 Å². The van der Waals surface area contributed by atoms with Crippen LogP contribution in [0.2, 0.25) is 0 Å². The third-order valence-corrected chi connectivity index (χ3v) is 2.53. The number of hydrogen-bond donors (Lipinski definition) is 2. The summed E-state index contributed by atoms with van der Waals surface area (Å²) in [7, 11) is 1.48. The van der Waals surface area contributed by atoms with Crippen LogP contribution in [0.1, 0.15) is 19.3 Å². The maximum absolute atomic E-state index is 10.8. The van der Waals surface area contributed by atoms with Crippen LogP contribution in [0.5, 0.6) is 5.75 Å². The molecule has 104 valence electrons. The Balaban J connectivity index is 2.59. The molecule has 1 aromatic carbocycles. The summed E-state index contributed by atoms with van der Waals surface area (Å²) in [4.78, 5) is 20.7. The number of nitrogens with zero attached hydrogens (tertiary/aromatic N) is 1. The lowest BCUT2D eigenvalue weighted by Gasteiger charge is -2.08. The van der Waals surface area contributed by atoms with Crippen LogP contribution in [0, 0.1) is 10.1 Å². The highest BCUT2D eigenvalue weighted by molar-refractivity contribution is 5.66. The van der Waals surface area contributed by atoms with Gasteiger partial charge in [-0.05, 0) is 18.9 Å². The Hall–Kier alpha value is -2.31. The van der Waals surface area contributed by atoms with E-state index in [4.69, 9.17) is 9.84 Å². The van der Waals surface area contributed by atoms with Crippen molar-refractivity contribution < 1.29 is 19.6 Å². The fraction of sp³-hybridized carbons (Fsp3) is 0.417. The molecule has 0 unspecified atom stereocenters. The predicted octanol–water partition coefficient (Wildman–Crippen LogP) is 2.27. The van der Waals surface area contributed by atoms with Gasteiger partial charge in [-0.3, -0.25) is 14.9 Å². The summed E-state index contributed by atoms with van der Waals surface area (Å²) >= 11 is 0. The number of rotatable bonds is 8. The van der Waals surface area contributed by atoms with Crippen molar-refractivity contribution in [2.24, 2.45) is 0 Å². The van der Waals surface area contributed by atoms with Gasteiger partial charge >= 0.3 is 5.97 Å². The average Bonchev–Trinajstić information content (AvgIpc) is 2.37. The minimum Gasteiger partial charge on any atom is -0.497 e. The Labute approximate surface area is 110 Å². The molecule has 0 radical (unpaired) electrons. The number of ether oxygens (including phenoxy) is 1. The quantitative estimate of drug-likeness (QED) is 0.426. The highest BCUT2D eigenvalue weighted by atomic mass is 16.6. The van der Waals surface area contributed by atoms with E-state index in [1.165, 1.54) is 19.2 Å². The zero-order valence-corrected chi connectivity index (χ0v) is 10.6.